The largest absolute Gasteiger partial charge is 0.332 e. The topological polar surface area (TPSA) is 79.2 Å². The fourth-order valence-electron chi connectivity index (χ4n) is 2.27. The van der Waals surface area contributed by atoms with Crippen LogP contribution in [0.2, 0.25) is 0 Å². The Morgan fingerprint density at radius 3 is 3.09 bits per heavy atom. The van der Waals surface area contributed by atoms with Gasteiger partial charge in [0, 0.05) is 17.9 Å². The van der Waals surface area contributed by atoms with Gasteiger partial charge in [-0.3, -0.25) is 19.1 Å². The number of carbonyl (C=O) groups is 1. The van der Waals surface area contributed by atoms with Crippen LogP contribution in [-0.4, -0.2) is 32.9 Å². The van der Waals surface area contributed by atoms with Gasteiger partial charge < -0.3 is 10.3 Å². The fraction of sp³-hybridized carbons (Fsp3) is 0.200. The lowest BCUT2D eigenvalue weighted by Gasteiger charge is -2.08. The van der Waals surface area contributed by atoms with E-state index >= 15 is 0 Å². The van der Waals surface area contributed by atoms with Gasteiger partial charge >= 0.3 is 0 Å². The molecule has 1 aliphatic rings. The summed E-state index contributed by atoms with van der Waals surface area (Å²) in [6, 6.07) is 4.87. The molecule has 1 aromatic carbocycles. The van der Waals surface area contributed by atoms with Crippen LogP contribution in [0, 0.1) is 4.77 Å². The van der Waals surface area contributed by atoms with Gasteiger partial charge in [0.2, 0.25) is 0 Å². The molecule has 0 atom stereocenters. The molecule has 2 N–H and O–H groups in total. The minimum Gasteiger partial charge on any atom is -0.332 e. The number of nitrogens with zero attached hydrogens (tertiary/aromatic N) is 2. The summed E-state index contributed by atoms with van der Waals surface area (Å²) in [6.45, 7) is 4.67. The molecule has 8 heteroatoms. The predicted molar refractivity (Wildman–Crippen MR) is 95.8 cm³/mol. The third kappa shape index (κ3) is 3.13. The summed E-state index contributed by atoms with van der Waals surface area (Å²) in [5.74, 6) is 0.623. The molecule has 1 aliphatic heterocycles. The molecule has 2 heterocycles. The minimum absolute atomic E-state index is 0.202. The van der Waals surface area contributed by atoms with Crippen molar-refractivity contribution >= 4 is 46.0 Å². The van der Waals surface area contributed by atoms with Crippen molar-refractivity contribution in [3.8, 4) is 0 Å². The summed E-state index contributed by atoms with van der Waals surface area (Å²) in [6.07, 6.45) is 1.61. The van der Waals surface area contributed by atoms with E-state index in [-0.39, 0.29) is 11.5 Å². The molecule has 0 saturated heterocycles. The number of carbonyl (C=O) groups excluding carboxylic acids is 1. The van der Waals surface area contributed by atoms with Crippen LogP contribution >= 0.6 is 24.0 Å². The molecule has 6 nitrogen and oxygen atoms in total. The van der Waals surface area contributed by atoms with Gasteiger partial charge in [0.15, 0.2) is 9.94 Å². The maximum Gasteiger partial charge on any atom is 0.262 e. The fourth-order valence-corrected chi connectivity index (χ4v) is 3.26. The molecule has 0 spiro atoms. The number of rotatable bonds is 3. The molecule has 118 valence electrons. The summed E-state index contributed by atoms with van der Waals surface area (Å²) in [7, 11) is 0. The number of H-pyrrole nitrogens is 1. The SMILES string of the molecule is C=CCn1c(=S)[nH]c2cc(C(=O)NC3=NCCS3)ccc2c1=O. The molecule has 0 saturated carbocycles. The highest BCUT2D eigenvalue weighted by Gasteiger charge is 2.14. The minimum atomic E-state index is -0.255. The van der Waals surface area contributed by atoms with Crippen molar-refractivity contribution in [3.63, 3.8) is 0 Å². The Balaban J connectivity index is 2.00. The number of allylic oxidation sites excluding steroid dienone is 1. The van der Waals surface area contributed by atoms with E-state index in [2.05, 4.69) is 21.9 Å². The number of thioether (sulfide) groups is 1. The second-order valence-electron chi connectivity index (χ2n) is 4.88. The molecular formula is C15H14N4O2S2. The van der Waals surface area contributed by atoms with E-state index in [1.54, 1.807) is 24.3 Å². The number of hydrogen-bond donors (Lipinski definition) is 2. The first-order valence-corrected chi connectivity index (χ1v) is 8.36. The number of amides is 1. The molecule has 0 unspecified atom stereocenters. The van der Waals surface area contributed by atoms with Crippen molar-refractivity contribution in [2.24, 2.45) is 4.99 Å². The first-order chi connectivity index (χ1) is 11.1. The Labute approximate surface area is 141 Å². The molecule has 0 radical (unpaired) electrons. The van der Waals surface area contributed by atoms with Crippen molar-refractivity contribution in [2.45, 2.75) is 6.54 Å². The monoisotopic (exact) mass is 346 g/mol. The van der Waals surface area contributed by atoms with Crippen LogP contribution in [0.25, 0.3) is 10.9 Å². The van der Waals surface area contributed by atoms with Gasteiger partial charge in [0.1, 0.15) is 0 Å². The summed E-state index contributed by atoms with van der Waals surface area (Å²) >= 11 is 6.71. The summed E-state index contributed by atoms with van der Waals surface area (Å²) < 4.78 is 1.73. The molecule has 0 fully saturated rings. The van der Waals surface area contributed by atoms with Gasteiger partial charge in [-0.05, 0) is 30.4 Å². The lowest BCUT2D eigenvalue weighted by molar-refractivity contribution is 0.0978. The quantitative estimate of drug-likeness (QED) is 0.659. The van der Waals surface area contributed by atoms with Crippen LogP contribution in [0.1, 0.15) is 10.4 Å². The van der Waals surface area contributed by atoms with Crippen LogP contribution in [0.4, 0.5) is 0 Å². The summed E-state index contributed by atoms with van der Waals surface area (Å²) in [5, 5.41) is 3.86. The maximum atomic E-state index is 12.4. The van der Waals surface area contributed by atoms with E-state index in [4.69, 9.17) is 12.2 Å². The number of benzene rings is 1. The lowest BCUT2D eigenvalue weighted by Crippen LogP contribution is -2.27. The summed E-state index contributed by atoms with van der Waals surface area (Å²) in [5.41, 5.74) is 0.777. The number of hydrogen-bond acceptors (Lipinski definition) is 5. The number of amidine groups is 1. The van der Waals surface area contributed by atoms with Crippen molar-refractivity contribution in [1.82, 2.24) is 14.9 Å². The number of aromatic amines is 1. The standard InChI is InChI=1S/C15H14N4O2S2/c1-2-6-19-13(21)10-4-3-9(8-11(10)17-15(19)22)12(20)18-14-16-5-7-23-14/h2-4,8H,1,5-7H2,(H,17,22)(H,16,18,20). The second kappa shape index (κ2) is 6.51. The maximum absolute atomic E-state index is 12.4. The first kappa shape index (κ1) is 15.7. The van der Waals surface area contributed by atoms with Gasteiger partial charge in [-0.25, -0.2) is 0 Å². The first-order valence-electron chi connectivity index (χ1n) is 6.96. The molecule has 2 aromatic rings. The number of nitrogens with one attached hydrogen (secondary N) is 2. The molecular weight excluding hydrogens is 332 g/mol. The average molecular weight is 346 g/mol. The smallest absolute Gasteiger partial charge is 0.262 e. The normalized spacial score (nSPS) is 13.8. The van der Waals surface area contributed by atoms with E-state index in [0.717, 1.165) is 5.75 Å². The third-order valence-corrected chi connectivity index (χ3v) is 4.58. The molecule has 23 heavy (non-hydrogen) atoms. The van der Waals surface area contributed by atoms with Gasteiger partial charge in [0.25, 0.3) is 11.5 Å². The van der Waals surface area contributed by atoms with Gasteiger partial charge in [-0.1, -0.05) is 17.8 Å². The zero-order valence-corrected chi connectivity index (χ0v) is 13.8. The van der Waals surface area contributed by atoms with E-state index in [1.165, 1.54) is 16.3 Å². The highest BCUT2D eigenvalue weighted by Crippen LogP contribution is 2.13. The van der Waals surface area contributed by atoms with Crippen molar-refractivity contribution in [3.05, 3.63) is 51.5 Å². The molecule has 1 aromatic heterocycles. The van der Waals surface area contributed by atoms with Crippen molar-refractivity contribution in [1.29, 1.82) is 0 Å². The van der Waals surface area contributed by atoms with E-state index in [1.807, 2.05) is 0 Å². The average Bonchev–Trinajstić information content (AvgIpc) is 3.03. The number of aliphatic imine (C=N–C) groups is 1. The Kier molecular flexibility index (Phi) is 4.44. The van der Waals surface area contributed by atoms with E-state index in [9.17, 15) is 9.59 Å². The van der Waals surface area contributed by atoms with Crippen LogP contribution < -0.4 is 10.9 Å². The molecule has 1 amide bonds. The van der Waals surface area contributed by atoms with Gasteiger partial charge in [0.05, 0.1) is 17.4 Å². The Bertz CT molecular complexity index is 943. The zero-order chi connectivity index (χ0) is 16.4. The highest BCUT2D eigenvalue weighted by molar-refractivity contribution is 8.14. The Hall–Kier alpha value is -2.19. The molecule has 3 rings (SSSR count). The summed E-state index contributed by atoms with van der Waals surface area (Å²) in [4.78, 5) is 31.8. The van der Waals surface area contributed by atoms with Gasteiger partial charge in [-0.15, -0.1) is 6.58 Å². The van der Waals surface area contributed by atoms with E-state index < -0.39 is 0 Å². The van der Waals surface area contributed by atoms with Gasteiger partial charge in [-0.2, -0.15) is 0 Å². The lowest BCUT2D eigenvalue weighted by atomic mass is 10.1. The molecule has 0 bridgehead atoms. The van der Waals surface area contributed by atoms with Crippen LogP contribution in [0.3, 0.4) is 0 Å². The van der Waals surface area contributed by atoms with Crippen LogP contribution in [0.5, 0.6) is 0 Å². The number of fused-ring (bicyclic) bond motifs is 1. The second-order valence-corrected chi connectivity index (χ2v) is 6.35. The predicted octanol–water partition coefficient (Wildman–Crippen LogP) is 2.08. The Morgan fingerprint density at radius 2 is 2.39 bits per heavy atom. The van der Waals surface area contributed by atoms with Crippen LogP contribution in [0.15, 0.2) is 40.6 Å². The highest BCUT2D eigenvalue weighted by atomic mass is 32.2. The van der Waals surface area contributed by atoms with Crippen molar-refractivity contribution in [2.75, 3.05) is 12.3 Å². The number of aromatic nitrogens is 2. The molecule has 0 aliphatic carbocycles. The zero-order valence-electron chi connectivity index (χ0n) is 12.2. The van der Waals surface area contributed by atoms with Crippen LogP contribution in [-0.2, 0) is 6.54 Å². The third-order valence-electron chi connectivity index (χ3n) is 3.36. The van der Waals surface area contributed by atoms with E-state index in [0.29, 0.717) is 39.5 Å². The van der Waals surface area contributed by atoms with Crippen molar-refractivity contribution < 1.29 is 4.79 Å². The Morgan fingerprint density at radius 1 is 1.57 bits per heavy atom.